The second-order valence-electron chi connectivity index (χ2n) is 4.49. The van der Waals surface area contributed by atoms with E-state index in [1.165, 1.54) is 4.90 Å². The highest BCUT2D eigenvalue weighted by Crippen LogP contribution is 2.08. The van der Waals surface area contributed by atoms with Crippen LogP contribution in [0.25, 0.3) is 0 Å². The Balaban J connectivity index is 2.77. The molecule has 0 saturated carbocycles. The quantitative estimate of drug-likeness (QED) is 0.622. The minimum absolute atomic E-state index is 0.00840. The summed E-state index contributed by atoms with van der Waals surface area (Å²) in [5.74, 6) is -2.29. The molecule has 0 radical (unpaired) electrons. The summed E-state index contributed by atoms with van der Waals surface area (Å²) >= 11 is 0. The molecule has 1 aliphatic rings. The molecule has 3 amide bonds. The Morgan fingerprint density at radius 3 is 2.35 bits per heavy atom. The lowest BCUT2D eigenvalue weighted by molar-refractivity contribution is -0.138. The van der Waals surface area contributed by atoms with Crippen LogP contribution < -0.4 is 5.73 Å². The van der Waals surface area contributed by atoms with Gasteiger partial charge in [-0.3, -0.25) is 9.59 Å². The van der Waals surface area contributed by atoms with Crippen molar-refractivity contribution >= 4 is 27.7 Å². The molecule has 9 nitrogen and oxygen atoms in total. The number of carboxylic acids is 1. The molecule has 0 atom stereocenters. The fourth-order valence-electron chi connectivity index (χ4n) is 1.87. The second kappa shape index (κ2) is 6.55. The summed E-state index contributed by atoms with van der Waals surface area (Å²) in [5, 5.41) is 8.72. The third kappa shape index (κ3) is 5.03. The number of carbonyl (C=O) groups excluding carboxylic acids is 2. The highest BCUT2D eigenvalue weighted by molar-refractivity contribution is 7.91. The summed E-state index contributed by atoms with van der Waals surface area (Å²) in [6.07, 6.45) is 0.283. The van der Waals surface area contributed by atoms with E-state index in [2.05, 4.69) is 0 Å². The summed E-state index contributed by atoms with van der Waals surface area (Å²) in [5.41, 5.74) is 4.97. The van der Waals surface area contributed by atoms with Gasteiger partial charge in [0, 0.05) is 13.1 Å². The monoisotopic (exact) mass is 307 g/mol. The Kier molecular flexibility index (Phi) is 5.31. The lowest BCUT2D eigenvalue weighted by atomic mass is 10.4. The minimum atomic E-state index is -3.18. The number of aliphatic carboxylic acids is 1. The molecule has 0 spiro atoms. The van der Waals surface area contributed by atoms with Gasteiger partial charge in [-0.2, -0.15) is 0 Å². The van der Waals surface area contributed by atoms with E-state index >= 15 is 0 Å². The number of hydrogen-bond donors (Lipinski definition) is 2. The first kappa shape index (κ1) is 16.2. The molecule has 0 bridgehead atoms. The van der Waals surface area contributed by atoms with Crippen molar-refractivity contribution in [2.45, 2.75) is 6.42 Å². The molecule has 114 valence electrons. The van der Waals surface area contributed by atoms with Crippen LogP contribution in [0.5, 0.6) is 0 Å². The fourth-order valence-corrected chi connectivity index (χ4v) is 3.14. The molecule has 1 rings (SSSR count). The maximum atomic E-state index is 12.1. The van der Waals surface area contributed by atoms with Crippen molar-refractivity contribution in [3.63, 3.8) is 0 Å². The normalized spacial score (nSPS) is 18.1. The first-order valence-corrected chi connectivity index (χ1v) is 7.78. The fraction of sp³-hybridized carbons (Fsp3) is 0.700. The number of nitrogens with zero attached hydrogens (tertiary/aromatic N) is 2. The average molecular weight is 307 g/mol. The van der Waals surface area contributed by atoms with Crippen LogP contribution in [0.2, 0.25) is 0 Å². The largest absolute Gasteiger partial charge is 0.480 e. The van der Waals surface area contributed by atoms with Gasteiger partial charge in [-0.05, 0) is 6.42 Å². The standard InChI is InChI=1S/C10H17N3O6S/c11-8(14)6-13(7-9(15)16)10(17)12-2-1-4-20(18,19)5-3-12/h1-7H2,(H2,11,14)(H,15,16). The van der Waals surface area contributed by atoms with Crippen LogP contribution in [0.3, 0.4) is 0 Å². The molecule has 10 heteroatoms. The Morgan fingerprint density at radius 2 is 1.80 bits per heavy atom. The van der Waals surface area contributed by atoms with Crippen LogP contribution in [0, 0.1) is 0 Å². The number of nitrogens with two attached hydrogens (primary N) is 1. The van der Waals surface area contributed by atoms with Gasteiger partial charge in [0.05, 0.1) is 11.5 Å². The van der Waals surface area contributed by atoms with E-state index < -0.39 is 40.8 Å². The van der Waals surface area contributed by atoms with Gasteiger partial charge in [0.25, 0.3) is 0 Å². The molecule has 0 aromatic rings. The Hall–Kier alpha value is -1.84. The second-order valence-corrected chi connectivity index (χ2v) is 6.79. The third-order valence-electron chi connectivity index (χ3n) is 2.77. The molecule has 1 heterocycles. The predicted molar refractivity (Wildman–Crippen MR) is 68.6 cm³/mol. The molecule has 1 aliphatic heterocycles. The number of amides is 3. The van der Waals surface area contributed by atoms with Crippen molar-refractivity contribution in [2.24, 2.45) is 5.73 Å². The van der Waals surface area contributed by atoms with Gasteiger partial charge in [-0.15, -0.1) is 0 Å². The van der Waals surface area contributed by atoms with Gasteiger partial charge in [0.1, 0.15) is 13.1 Å². The number of carboxylic acid groups (broad SMARTS) is 1. The molecule has 0 unspecified atom stereocenters. The number of urea groups is 1. The van der Waals surface area contributed by atoms with Crippen molar-refractivity contribution < 1.29 is 27.9 Å². The summed E-state index contributed by atoms with van der Waals surface area (Å²) in [6.45, 7) is -0.998. The first-order chi connectivity index (χ1) is 9.21. The number of hydrogen-bond acceptors (Lipinski definition) is 5. The van der Waals surface area contributed by atoms with E-state index in [0.29, 0.717) is 0 Å². The van der Waals surface area contributed by atoms with E-state index in [4.69, 9.17) is 10.8 Å². The lowest BCUT2D eigenvalue weighted by Gasteiger charge is -2.27. The summed E-state index contributed by atoms with van der Waals surface area (Å²) < 4.78 is 22.9. The maximum absolute atomic E-state index is 12.1. The van der Waals surface area contributed by atoms with Gasteiger partial charge in [0.2, 0.25) is 5.91 Å². The Bertz CT molecular complexity index is 487. The Morgan fingerprint density at radius 1 is 1.15 bits per heavy atom. The first-order valence-electron chi connectivity index (χ1n) is 5.95. The van der Waals surface area contributed by atoms with E-state index in [1.54, 1.807) is 0 Å². The van der Waals surface area contributed by atoms with Crippen LogP contribution in [0.1, 0.15) is 6.42 Å². The van der Waals surface area contributed by atoms with Crippen LogP contribution in [-0.4, -0.2) is 78.9 Å². The molecule has 20 heavy (non-hydrogen) atoms. The maximum Gasteiger partial charge on any atom is 0.323 e. The summed E-state index contributed by atoms with van der Waals surface area (Å²) in [6, 6.07) is -0.691. The molecule has 1 saturated heterocycles. The molecule has 3 N–H and O–H groups in total. The van der Waals surface area contributed by atoms with E-state index in [-0.39, 0.29) is 31.0 Å². The van der Waals surface area contributed by atoms with Crippen LogP contribution >= 0.6 is 0 Å². The minimum Gasteiger partial charge on any atom is -0.480 e. The zero-order valence-corrected chi connectivity index (χ0v) is 11.6. The number of primary amides is 1. The van der Waals surface area contributed by atoms with E-state index in [1.807, 2.05) is 0 Å². The van der Waals surface area contributed by atoms with Gasteiger partial charge in [-0.1, -0.05) is 0 Å². The lowest BCUT2D eigenvalue weighted by Crippen LogP contribution is -2.49. The van der Waals surface area contributed by atoms with E-state index in [9.17, 15) is 22.8 Å². The summed E-state index contributed by atoms with van der Waals surface area (Å²) in [7, 11) is -3.18. The SMILES string of the molecule is NC(=O)CN(CC(=O)O)C(=O)N1CCCS(=O)(=O)CC1. The number of rotatable bonds is 4. The Labute approximate surface area is 116 Å². The van der Waals surface area contributed by atoms with Crippen molar-refractivity contribution in [1.82, 2.24) is 9.80 Å². The molecule has 0 aromatic heterocycles. The topological polar surface area (TPSA) is 138 Å². The zero-order chi connectivity index (χ0) is 15.3. The number of sulfone groups is 1. The molecular formula is C10H17N3O6S. The third-order valence-corrected chi connectivity index (χ3v) is 4.48. The van der Waals surface area contributed by atoms with Crippen molar-refractivity contribution in [3.8, 4) is 0 Å². The molecular weight excluding hydrogens is 290 g/mol. The molecule has 0 aromatic carbocycles. The zero-order valence-electron chi connectivity index (χ0n) is 10.8. The number of carbonyl (C=O) groups is 3. The molecule has 0 aliphatic carbocycles. The van der Waals surface area contributed by atoms with Gasteiger partial charge in [-0.25, -0.2) is 13.2 Å². The van der Waals surface area contributed by atoms with Crippen molar-refractivity contribution in [2.75, 3.05) is 37.7 Å². The highest BCUT2D eigenvalue weighted by Gasteiger charge is 2.27. The predicted octanol–water partition coefficient (Wildman–Crippen LogP) is -1.90. The van der Waals surface area contributed by atoms with Crippen molar-refractivity contribution in [1.29, 1.82) is 0 Å². The summed E-state index contributed by atoms with van der Waals surface area (Å²) in [4.78, 5) is 35.7. The average Bonchev–Trinajstić information content (AvgIpc) is 2.47. The van der Waals surface area contributed by atoms with Crippen molar-refractivity contribution in [3.05, 3.63) is 0 Å². The van der Waals surface area contributed by atoms with Gasteiger partial charge < -0.3 is 20.6 Å². The van der Waals surface area contributed by atoms with Gasteiger partial charge >= 0.3 is 12.0 Å². The smallest absolute Gasteiger partial charge is 0.323 e. The van der Waals surface area contributed by atoms with Gasteiger partial charge in [0.15, 0.2) is 9.84 Å². The van der Waals surface area contributed by atoms with Crippen LogP contribution in [-0.2, 0) is 19.4 Å². The van der Waals surface area contributed by atoms with Crippen LogP contribution in [0.15, 0.2) is 0 Å². The van der Waals surface area contributed by atoms with E-state index in [0.717, 1.165) is 4.90 Å². The highest BCUT2D eigenvalue weighted by atomic mass is 32.2. The molecule has 1 fully saturated rings. The van der Waals surface area contributed by atoms with Crippen LogP contribution in [0.4, 0.5) is 4.79 Å².